The molecule has 0 aliphatic carbocycles. The van der Waals surface area contributed by atoms with Crippen molar-refractivity contribution in [3.05, 3.63) is 78.5 Å². The molecule has 0 saturated carbocycles. The van der Waals surface area contributed by atoms with Crippen molar-refractivity contribution in [2.45, 2.75) is 19.8 Å². The molecule has 0 unspecified atom stereocenters. The minimum atomic E-state index is 0.539. The summed E-state index contributed by atoms with van der Waals surface area (Å²) >= 11 is 0. The van der Waals surface area contributed by atoms with Crippen molar-refractivity contribution in [3.8, 4) is 11.3 Å². The summed E-state index contributed by atoms with van der Waals surface area (Å²) in [5, 5.41) is 4.99. The Morgan fingerprint density at radius 1 is 0.739 bits per heavy atom. The van der Waals surface area contributed by atoms with Gasteiger partial charge in [0.15, 0.2) is 0 Å². The van der Waals surface area contributed by atoms with Crippen molar-refractivity contribution >= 4 is 21.5 Å². The average molecular weight is 297 g/mol. The van der Waals surface area contributed by atoms with Crippen molar-refractivity contribution in [3.63, 3.8) is 0 Å². The fourth-order valence-corrected chi connectivity index (χ4v) is 3.12. The first kappa shape index (κ1) is 14.0. The molecule has 112 valence electrons. The highest BCUT2D eigenvalue weighted by Gasteiger charge is 2.08. The Morgan fingerprint density at radius 3 is 2.39 bits per heavy atom. The predicted octanol–water partition coefficient (Wildman–Crippen LogP) is 6.18. The second-order valence-electron chi connectivity index (χ2n) is 6.36. The lowest BCUT2D eigenvalue weighted by atomic mass is 9.96. The van der Waals surface area contributed by atoms with E-state index in [0.717, 1.165) is 5.69 Å². The maximum Gasteiger partial charge on any atom is 0.0780 e. The normalized spacial score (nSPS) is 11.4. The number of fused-ring (bicyclic) bond motifs is 2. The van der Waals surface area contributed by atoms with Crippen LogP contribution >= 0.6 is 0 Å². The van der Waals surface area contributed by atoms with E-state index in [0.29, 0.717) is 5.92 Å². The number of nitrogens with zero attached hydrogens (tertiary/aromatic N) is 1. The van der Waals surface area contributed by atoms with Crippen LogP contribution in [0.5, 0.6) is 0 Å². The van der Waals surface area contributed by atoms with E-state index in [1.54, 1.807) is 0 Å². The van der Waals surface area contributed by atoms with Crippen molar-refractivity contribution in [2.24, 2.45) is 0 Å². The highest BCUT2D eigenvalue weighted by molar-refractivity contribution is 5.97. The number of hydrogen-bond acceptors (Lipinski definition) is 1. The SMILES string of the molecule is CC(C)c1ccc2c(-c3ccc4ccccc4c3)nccc2c1. The first-order chi connectivity index (χ1) is 11.2. The number of rotatable bonds is 2. The molecule has 4 rings (SSSR count). The van der Waals surface area contributed by atoms with Crippen LogP contribution in [0.1, 0.15) is 25.3 Å². The summed E-state index contributed by atoms with van der Waals surface area (Å²) < 4.78 is 0. The molecule has 23 heavy (non-hydrogen) atoms. The van der Waals surface area contributed by atoms with Crippen molar-refractivity contribution in [2.75, 3.05) is 0 Å². The monoisotopic (exact) mass is 297 g/mol. The second kappa shape index (κ2) is 5.51. The van der Waals surface area contributed by atoms with Gasteiger partial charge in [-0.2, -0.15) is 0 Å². The first-order valence-electron chi connectivity index (χ1n) is 8.10. The van der Waals surface area contributed by atoms with Crippen LogP contribution in [0.25, 0.3) is 32.8 Å². The van der Waals surface area contributed by atoms with Crippen LogP contribution in [0.15, 0.2) is 72.9 Å². The molecule has 0 radical (unpaired) electrons. The maximum atomic E-state index is 4.66. The molecule has 4 aromatic rings. The van der Waals surface area contributed by atoms with Crippen molar-refractivity contribution in [1.82, 2.24) is 4.98 Å². The molecule has 0 amide bonds. The van der Waals surface area contributed by atoms with Crippen molar-refractivity contribution < 1.29 is 0 Å². The van der Waals surface area contributed by atoms with Gasteiger partial charge in [0, 0.05) is 17.1 Å². The molecular weight excluding hydrogens is 278 g/mol. The van der Waals surface area contributed by atoms with E-state index in [1.165, 1.54) is 32.7 Å². The van der Waals surface area contributed by atoms with E-state index >= 15 is 0 Å². The molecule has 0 saturated heterocycles. The fourth-order valence-electron chi connectivity index (χ4n) is 3.12. The summed E-state index contributed by atoms with van der Waals surface area (Å²) in [6.07, 6.45) is 1.91. The van der Waals surface area contributed by atoms with Gasteiger partial charge in [-0.15, -0.1) is 0 Å². The topological polar surface area (TPSA) is 12.9 Å². The van der Waals surface area contributed by atoms with Gasteiger partial charge >= 0.3 is 0 Å². The summed E-state index contributed by atoms with van der Waals surface area (Å²) in [6.45, 7) is 4.46. The van der Waals surface area contributed by atoms with Crippen LogP contribution in [-0.4, -0.2) is 4.98 Å². The molecular formula is C22H19N. The predicted molar refractivity (Wildman–Crippen MR) is 98.8 cm³/mol. The zero-order valence-electron chi connectivity index (χ0n) is 13.5. The van der Waals surface area contributed by atoms with Crippen LogP contribution in [0.3, 0.4) is 0 Å². The average Bonchev–Trinajstić information content (AvgIpc) is 2.60. The van der Waals surface area contributed by atoms with Gasteiger partial charge < -0.3 is 0 Å². The van der Waals surface area contributed by atoms with Gasteiger partial charge in [-0.1, -0.05) is 68.4 Å². The second-order valence-corrected chi connectivity index (χ2v) is 6.36. The van der Waals surface area contributed by atoms with E-state index in [9.17, 15) is 0 Å². The Kier molecular flexibility index (Phi) is 3.34. The van der Waals surface area contributed by atoms with Crippen LogP contribution < -0.4 is 0 Å². The van der Waals surface area contributed by atoms with Crippen LogP contribution in [0.2, 0.25) is 0 Å². The lowest BCUT2D eigenvalue weighted by Crippen LogP contribution is -1.90. The first-order valence-corrected chi connectivity index (χ1v) is 8.10. The standard InChI is InChI=1S/C22H19N/c1-15(2)17-9-10-21-19(13-17)11-12-23-22(21)20-8-7-16-5-3-4-6-18(16)14-20/h3-15H,1-2H3. The highest BCUT2D eigenvalue weighted by atomic mass is 14.7. The zero-order valence-corrected chi connectivity index (χ0v) is 13.5. The molecule has 0 atom stereocenters. The van der Waals surface area contributed by atoms with Crippen LogP contribution in [-0.2, 0) is 0 Å². The Bertz CT molecular complexity index is 999. The number of benzene rings is 3. The number of pyridine rings is 1. The smallest absolute Gasteiger partial charge is 0.0780 e. The van der Waals surface area contributed by atoms with Gasteiger partial charge in [0.2, 0.25) is 0 Å². The van der Waals surface area contributed by atoms with Gasteiger partial charge in [0.05, 0.1) is 5.69 Å². The number of hydrogen-bond donors (Lipinski definition) is 0. The number of aromatic nitrogens is 1. The van der Waals surface area contributed by atoms with E-state index in [1.807, 2.05) is 6.20 Å². The van der Waals surface area contributed by atoms with E-state index in [-0.39, 0.29) is 0 Å². The molecule has 3 aromatic carbocycles. The zero-order chi connectivity index (χ0) is 15.8. The summed E-state index contributed by atoms with van der Waals surface area (Å²) in [4.78, 5) is 4.66. The van der Waals surface area contributed by atoms with Crippen LogP contribution in [0, 0.1) is 0 Å². The van der Waals surface area contributed by atoms with E-state index < -0.39 is 0 Å². The largest absolute Gasteiger partial charge is 0.256 e. The Hall–Kier alpha value is -2.67. The Morgan fingerprint density at radius 2 is 1.57 bits per heavy atom. The van der Waals surface area contributed by atoms with Gasteiger partial charge in [-0.05, 0) is 39.8 Å². The Balaban J connectivity index is 1.93. The van der Waals surface area contributed by atoms with Crippen LogP contribution in [0.4, 0.5) is 0 Å². The third-order valence-electron chi connectivity index (χ3n) is 4.48. The molecule has 0 N–H and O–H groups in total. The molecule has 0 fully saturated rings. The minimum Gasteiger partial charge on any atom is -0.256 e. The fraction of sp³-hybridized carbons (Fsp3) is 0.136. The summed E-state index contributed by atoms with van der Waals surface area (Å²) in [5.41, 5.74) is 3.60. The highest BCUT2D eigenvalue weighted by Crippen LogP contribution is 2.30. The van der Waals surface area contributed by atoms with Gasteiger partial charge in [0.1, 0.15) is 0 Å². The quantitative estimate of drug-likeness (QED) is 0.430. The summed E-state index contributed by atoms with van der Waals surface area (Å²) in [5.74, 6) is 0.539. The minimum absolute atomic E-state index is 0.539. The molecule has 0 spiro atoms. The summed E-state index contributed by atoms with van der Waals surface area (Å²) in [6, 6.07) is 23.8. The molecule has 0 aliphatic heterocycles. The Labute approximate surface area is 136 Å². The third-order valence-corrected chi connectivity index (χ3v) is 4.48. The third kappa shape index (κ3) is 2.49. The molecule has 1 heterocycles. The maximum absolute atomic E-state index is 4.66. The van der Waals surface area contributed by atoms with Crippen molar-refractivity contribution in [1.29, 1.82) is 0 Å². The lowest BCUT2D eigenvalue weighted by Gasteiger charge is -2.10. The molecule has 1 heteroatoms. The van der Waals surface area contributed by atoms with Gasteiger partial charge in [-0.3, -0.25) is 4.98 Å². The van der Waals surface area contributed by atoms with E-state index in [4.69, 9.17) is 0 Å². The van der Waals surface area contributed by atoms with Gasteiger partial charge in [-0.25, -0.2) is 0 Å². The summed E-state index contributed by atoms with van der Waals surface area (Å²) in [7, 11) is 0. The van der Waals surface area contributed by atoms with E-state index in [2.05, 4.69) is 85.6 Å². The molecule has 1 nitrogen and oxygen atoms in total. The lowest BCUT2D eigenvalue weighted by molar-refractivity contribution is 0.869. The molecule has 1 aromatic heterocycles. The van der Waals surface area contributed by atoms with Gasteiger partial charge in [0.25, 0.3) is 0 Å². The molecule has 0 aliphatic rings. The molecule has 0 bridgehead atoms.